The van der Waals surface area contributed by atoms with Gasteiger partial charge in [0.05, 0.1) is 6.54 Å². The van der Waals surface area contributed by atoms with Gasteiger partial charge >= 0.3 is 0 Å². The molecule has 3 rings (SSSR count). The molecule has 0 radical (unpaired) electrons. The van der Waals surface area contributed by atoms with Gasteiger partial charge in [-0.05, 0) is 62.3 Å². The summed E-state index contributed by atoms with van der Waals surface area (Å²) in [6, 6.07) is 14.9. The zero-order valence-electron chi connectivity index (χ0n) is 17.4. The minimum absolute atomic E-state index is 0. The molecule has 6 heteroatoms. The van der Waals surface area contributed by atoms with Crippen molar-refractivity contribution in [3.05, 3.63) is 59.8 Å². The molecule has 2 heterocycles. The summed E-state index contributed by atoms with van der Waals surface area (Å²) in [5, 5.41) is 6.79. The highest BCUT2D eigenvalue weighted by atomic mass is 127. The third kappa shape index (κ3) is 8.20. The molecule has 158 valence electrons. The van der Waals surface area contributed by atoms with Gasteiger partial charge in [-0.1, -0.05) is 30.3 Å². The number of pyridine rings is 1. The Hall–Kier alpha value is -1.83. The van der Waals surface area contributed by atoms with Crippen molar-refractivity contribution < 1.29 is 0 Å². The van der Waals surface area contributed by atoms with Crippen molar-refractivity contribution in [2.75, 3.05) is 31.1 Å². The van der Waals surface area contributed by atoms with Gasteiger partial charge < -0.3 is 15.5 Å². The van der Waals surface area contributed by atoms with E-state index in [2.05, 4.69) is 69.9 Å². The molecule has 0 amide bonds. The fraction of sp³-hybridized carbons (Fsp3) is 0.478. The molecule has 5 nitrogen and oxygen atoms in total. The first kappa shape index (κ1) is 23.4. The molecule has 0 atom stereocenters. The van der Waals surface area contributed by atoms with E-state index < -0.39 is 0 Å². The van der Waals surface area contributed by atoms with E-state index in [1.165, 1.54) is 30.4 Å². The number of halogens is 1. The lowest BCUT2D eigenvalue weighted by Crippen LogP contribution is -2.37. The molecule has 0 aliphatic carbocycles. The second kappa shape index (κ2) is 13.4. The second-order valence-electron chi connectivity index (χ2n) is 7.28. The standard InChI is InChI=1S/C23H33N5.HI/c1-2-24-23(26-14-9-12-20-10-5-3-6-11-20)27-19-21-13-15-25-22(18-21)28-16-7-4-8-17-28;/h3,5-6,10-11,13,15,18H,2,4,7-9,12,14,16-17,19H2,1H3,(H2,24,26,27);1H. The normalized spacial score (nSPS) is 14.2. The van der Waals surface area contributed by atoms with Crippen LogP contribution >= 0.6 is 24.0 Å². The van der Waals surface area contributed by atoms with E-state index in [1.807, 2.05) is 6.20 Å². The summed E-state index contributed by atoms with van der Waals surface area (Å²) in [5.41, 5.74) is 2.59. The van der Waals surface area contributed by atoms with Crippen LogP contribution in [0.3, 0.4) is 0 Å². The van der Waals surface area contributed by atoms with Gasteiger partial charge in [-0.15, -0.1) is 24.0 Å². The van der Waals surface area contributed by atoms with E-state index in [-0.39, 0.29) is 24.0 Å². The molecule has 2 aromatic rings. The Morgan fingerprint density at radius 1 is 1.03 bits per heavy atom. The van der Waals surface area contributed by atoms with Crippen molar-refractivity contribution in [3.63, 3.8) is 0 Å². The van der Waals surface area contributed by atoms with Gasteiger partial charge in [0, 0.05) is 32.4 Å². The Balaban J connectivity index is 0.00000300. The Bertz CT molecular complexity index is 729. The molecule has 2 N–H and O–H groups in total. The largest absolute Gasteiger partial charge is 0.357 e. The number of hydrogen-bond acceptors (Lipinski definition) is 3. The van der Waals surface area contributed by atoms with Crippen LogP contribution < -0.4 is 15.5 Å². The molecule has 0 unspecified atom stereocenters. The van der Waals surface area contributed by atoms with Crippen LogP contribution in [0, 0.1) is 0 Å². The molecular weight excluding hydrogens is 473 g/mol. The van der Waals surface area contributed by atoms with E-state index in [4.69, 9.17) is 4.99 Å². The SMILES string of the molecule is CCNC(=NCc1ccnc(N2CCCCC2)c1)NCCCc1ccccc1.I. The van der Waals surface area contributed by atoms with Crippen LogP contribution in [-0.4, -0.2) is 37.1 Å². The molecule has 1 aliphatic rings. The first-order valence-corrected chi connectivity index (χ1v) is 10.6. The average molecular weight is 507 g/mol. The van der Waals surface area contributed by atoms with Crippen molar-refractivity contribution in [2.24, 2.45) is 4.99 Å². The van der Waals surface area contributed by atoms with Gasteiger partial charge in [-0.2, -0.15) is 0 Å². The molecule has 0 bridgehead atoms. The molecular formula is C23H34IN5. The van der Waals surface area contributed by atoms with Crippen LogP contribution in [0.25, 0.3) is 0 Å². The maximum Gasteiger partial charge on any atom is 0.191 e. The summed E-state index contributed by atoms with van der Waals surface area (Å²) in [7, 11) is 0. The van der Waals surface area contributed by atoms with E-state index in [0.29, 0.717) is 6.54 Å². The molecule has 1 saturated heterocycles. The smallest absolute Gasteiger partial charge is 0.191 e. The Morgan fingerprint density at radius 3 is 2.59 bits per heavy atom. The van der Waals surface area contributed by atoms with Gasteiger partial charge in [0.1, 0.15) is 5.82 Å². The number of aromatic nitrogens is 1. The van der Waals surface area contributed by atoms with Gasteiger partial charge in [0.25, 0.3) is 0 Å². The zero-order valence-corrected chi connectivity index (χ0v) is 19.8. The lowest BCUT2D eigenvalue weighted by molar-refractivity contribution is 0.573. The topological polar surface area (TPSA) is 52.6 Å². The minimum atomic E-state index is 0. The predicted octanol–water partition coefficient (Wildman–Crippen LogP) is 4.38. The van der Waals surface area contributed by atoms with Crippen molar-refractivity contribution in [2.45, 2.75) is 45.6 Å². The number of guanidine groups is 1. The third-order valence-corrected chi connectivity index (χ3v) is 5.03. The number of piperidine rings is 1. The van der Waals surface area contributed by atoms with E-state index in [9.17, 15) is 0 Å². The van der Waals surface area contributed by atoms with Crippen LogP contribution in [0.15, 0.2) is 53.7 Å². The Kier molecular flexibility index (Phi) is 10.8. The number of anilines is 1. The summed E-state index contributed by atoms with van der Waals surface area (Å²) < 4.78 is 0. The van der Waals surface area contributed by atoms with Gasteiger partial charge in [-0.3, -0.25) is 0 Å². The van der Waals surface area contributed by atoms with E-state index >= 15 is 0 Å². The highest BCUT2D eigenvalue weighted by molar-refractivity contribution is 14.0. The number of aliphatic imine (C=N–C) groups is 1. The number of nitrogens with zero attached hydrogens (tertiary/aromatic N) is 3. The molecule has 1 aromatic carbocycles. The van der Waals surface area contributed by atoms with Crippen LogP contribution in [0.5, 0.6) is 0 Å². The molecule has 0 spiro atoms. The van der Waals surface area contributed by atoms with Crippen LogP contribution in [-0.2, 0) is 13.0 Å². The van der Waals surface area contributed by atoms with Gasteiger partial charge in [-0.25, -0.2) is 9.98 Å². The Labute approximate surface area is 192 Å². The summed E-state index contributed by atoms with van der Waals surface area (Å²) in [6.07, 6.45) is 7.94. The lowest BCUT2D eigenvalue weighted by atomic mass is 10.1. The van der Waals surface area contributed by atoms with Gasteiger partial charge in [0.2, 0.25) is 0 Å². The molecule has 29 heavy (non-hydrogen) atoms. The van der Waals surface area contributed by atoms with Crippen LogP contribution in [0.1, 0.15) is 43.7 Å². The minimum Gasteiger partial charge on any atom is -0.357 e. The maximum absolute atomic E-state index is 4.76. The summed E-state index contributed by atoms with van der Waals surface area (Å²) in [5.74, 6) is 1.97. The monoisotopic (exact) mass is 507 g/mol. The number of nitrogens with one attached hydrogen (secondary N) is 2. The van der Waals surface area contributed by atoms with Crippen LogP contribution in [0.2, 0.25) is 0 Å². The summed E-state index contributed by atoms with van der Waals surface area (Å²) in [6.45, 7) is 6.77. The highest BCUT2D eigenvalue weighted by Crippen LogP contribution is 2.18. The van der Waals surface area contributed by atoms with Crippen LogP contribution in [0.4, 0.5) is 5.82 Å². The molecule has 1 aromatic heterocycles. The van der Waals surface area contributed by atoms with E-state index in [1.54, 1.807) is 0 Å². The van der Waals surface area contributed by atoms with Crippen molar-refractivity contribution in [3.8, 4) is 0 Å². The lowest BCUT2D eigenvalue weighted by Gasteiger charge is -2.27. The van der Waals surface area contributed by atoms with E-state index in [0.717, 1.165) is 50.8 Å². The first-order valence-electron chi connectivity index (χ1n) is 10.6. The Morgan fingerprint density at radius 2 is 1.83 bits per heavy atom. The predicted molar refractivity (Wildman–Crippen MR) is 133 cm³/mol. The van der Waals surface area contributed by atoms with Crippen molar-refractivity contribution in [1.82, 2.24) is 15.6 Å². The van der Waals surface area contributed by atoms with Crippen molar-refractivity contribution >= 4 is 35.8 Å². The zero-order chi connectivity index (χ0) is 19.4. The first-order chi connectivity index (χ1) is 13.8. The average Bonchev–Trinajstić information content (AvgIpc) is 2.76. The third-order valence-electron chi connectivity index (χ3n) is 5.03. The number of hydrogen-bond donors (Lipinski definition) is 2. The molecule has 1 fully saturated rings. The summed E-state index contributed by atoms with van der Waals surface area (Å²) in [4.78, 5) is 11.7. The number of aryl methyl sites for hydroxylation is 1. The molecule has 0 saturated carbocycles. The quantitative estimate of drug-likeness (QED) is 0.241. The fourth-order valence-electron chi connectivity index (χ4n) is 3.51. The van der Waals surface area contributed by atoms with Gasteiger partial charge in [0.15, 0.2) is 5.96 Å². The van der Waals surface area contributed by atoms with Crippen molar-refractivity contribution in [1.29, 1.82) is 0 Å². The number of rotatable bonds is 8. The maximum atomic E-state index is 4.76. The number of benzene rings is 1. The second-order valence-corrected chi connectivity index (χ2v) is 7.28. The highest BCUT2D eigenvalue weighted by Gasteiger charge is 2.12. The summed E-state index contributed by atoms with van der Waals surface area (Å²) >= 11 is 0. The molecule has 1 aliphatic heterocycles. The fourth-order valence-corrected chi connectivity index (χ4v) is 3.51.